The van der Waals surface area contributed by atoms with E-state index >= 15 is 0 Å². The van der Waals surface area contributed by atoms with Crippen LogP contribution < -0.4 is 10.1 Å². The molecule has 0 radical (unpaired) electrons. The number of hydrogen-bond acceptors (Lipinski definition) is 6. The number of methoxy groups -OCH3 is 1. The summed E-state index contributed by atoms with van der Waals surface area (Å²) in [5.41, 5.74) is 2.05. The number of amides is 2. The van der Waals surface area contributed by atoms with Gasteiger partial charge in [-0.1, -0.05) is 12.8 Å². The summed E-state index contributed by atoms with van der Waals surface area (Å²) < 4.78 is 16.1. The highest BCUT2D eigenvalue weighted by atomic mass is 16.6. The van der Waals surface area contributed by atoms with Crippen molar-refractivity contribution < 1.29 is 23.8 Å². The molecule has 3 heterocycles. The minimum Gasteiger partial charge on any atom is -0.481 e. The average molecular weight is 375 g/mol. The lowest BCUT2D eigenvalue weighted by Gasteiger charge is -2.22. The summed E-state index contributed by atoms with van der Waals surface area (Å²) in [6, 6.07) is 2.11. The molecule has 2 amide bonds. The van der Waals surface area contributed by atoms with Crippen molar-refractivity contribution in [2.45, 2.75) is 50.9 Å². The fourth-order valence-electron chi connectivity index (χ4n) is 4.02. The van der Waals surface area contributed by atoms with Crippen LogP contribution in [0.4, 0.5) is 0 Å². The van der Waals surface area contributed by atoms with Crippen LogP contribution in [-0.2, 0) is 27.4 Å². The second-order valence-electron chi connectivity index (χ2n) is 7.17. The Morgan fingerprint density at radius 2 is 2.19 bits per heavy atom. The van der Waals surface area contributed by atoms with Crippen molar-refractivity contribution in [2.75, 3.05) is 26.9 Å². The van der Waals surface area contributed by atoms with E-state index in [0.29, 0.717) is 42.8 Å². The van der Waals surface area contributed by atoms with E-state index in [9.17, 15) is 9.59 Å². The van der Waals surface area contributed by atoms with E-state index in [1.165, 1.54) is 12.8 Å². The number of hydrogen-bond donors (Lipinski definition) is 1. The smallest absolute Gasteiger partial charge is 0.256 e. The van der Waals surface area contributed by atoms with Crippen molar-refractivity contribution >= 4 is 11.8 Å². The number of nitrogens with zero attached hydrogens (tertiary/aromatic N) is 2. The van der Waals surface area contributed by atoms with Crippen LogP contribution in [0.15, 0.2) is 6.07 Å². The van der Waals surface area contributed by atoms with E-state index in [0.717, 1.165) is 18.5 Å². The number of pyridine rings is 1. The lowest BCUT2D eigenvalue weighted by Crippen LogP contribution is -2.42. The van der Waals surface area contributed by atoms with E-state index in [1.54, 1.807) is 13.2 Å². The Morgan fingerprint density at radius 3 is 2.89 bits per heavy atom. The Morgan fingerprint density at radius 1 is 1.37 bits per heavy atom. The molecule has 0 spiro atoms. The first kappa shape index (κ1) is 18.2. The van der Waals surface area contributed by atoms with Gasteiger partial charge >= 0.3 is 0 Å². The lowest BCUT2D eigenvalue weighted by molar-refractivity contribution is -0.147. The number of aromatic nitrogens is 1. The summed E-state index contributed by atoms with van der Waals surface area (Å²) in [5.74, 6) is 0.232. The highest BCUT2D eigenvalue weighted by Crippen LogP contribution is 2.33. The maximum atomic E-state index is 12.8. The van der Waals surface area contributed by atoms with Crippen molar-refractivity contribution in [3.8, 4) is 5.88 Å². The molecule has 2 fully saturated rings. The number of carbonyl (C=O) groups is 2. The van der Waals surface area contributed by atoms with Gasteiger partial charge < -0.3 is 24.4 Å². The second kappa shape index (κ2) is 7.82. The molecule has 3 aliphatic rings. The van der Waals surface area contributed by atoms with Crippen molar-refractivity contribution in [3.05, 3.63) is 22.9 Å². The van der Waals surface area contributed by atoms with Crippen molar-refractivity contribution in [3.63, 3.8) is 0 Å². The molecule has 1 atom stereocenters. The van der Waals surface area contributed by atoms with Gasteiger partial charge in [0, 0.05) is 18.2 Å². The first-order valence-electron chi connectivity index (χ1n) is 9.52. The molecule has 1 saturated carbocycles. The van der Waals surface area contributed by atoms with E-state index in [1.807, 2.05) is 4.90 Å². The van der Waals surface area contributed by atoms with E-state index in [-0.39, 0.29) is 25.0 Å². The third kappa shape index (κ3) is 3.64. The molecule has 1 aromatic heterocycles. The number of nitrogens with one attached hydrogen (secondary N) is 1. The maximum Gasteiger partial charge on any atom is 0.256 e. The minimum absolute atomic E-state index is 0.0312. The SMILES string of the molecule is COc1nc2c(cc1CNC(=O)C1COCCO1)C(=O)N(C1CCCC1)C2. The summed E-state index contributed by atoms with van der Waals surface area (Å²) in [5, 5.41) is 2.83. The van der Waals surface area contributed by atoms with E-state index < -0.39 is 6.10 Å². The number of ether oxygens (including phenoxy) is 3. The predicted octanol–water partition coefficient (Wildman–Crippen LogP) is 1.02. The highest BCUT2D eigenvalue weighted by molar-refractivity contribution is 5.98. The Balaban J connectivity index is 1.47. The van der Waals surface area contributed by atoms with Crippen LogP contribution in [0.25, 0.3) is 0 Å². The Hall–Kier alpha value is -2.19. The summed E-state index contributed by atoms with van der Waals surface area (Å²) in [7, 11) is 1.55. The van der Waals surface area contributed by atoms with Gasteiger partial charge in [0.1, 0.15) is 0 Å². The number of rotatable bonds is 5. The third-order valence-corrected chi connectivity index (χ3v) is 5.47. The molecule has 8 heteroatoms. The van der Waals surface area contributed by atoms with Gasteiger partial charge in [-0.3, -0.25) is 9.59 Å². The fraction of sp³-hybridized carbons (Fsp3) is 0.632. The Labute approximate surface area is 158 Å². The zero-order chi connectivity index (χ0) is 18.8. The van der Waals surface area contributed by atoms with Gasteiger partial charge in [-0.2, -0.15) is 0 Å². The molecule has 1 N–H and O–H groups in total. The quantitative estimate of drug-likeness (QED) is 0.826. The number of carbonyl (C=O) groups excluding carboxylic acids is 2. The van der Waals surface area contributed by atoms with Gasteiger partial charge in [-0.25, -0.2) is 4.98 Å². The molecule has 4 rings (SSSR count). The molecule has 1 aliphatic carbocycles. The van der Waals surface area contributed by atoms with Crippen LogP contribution in [-0.4, -0.2) is 60.8 Å². The van der Waals surface area contributed by atoms with Crippen LogP contribution in [0.1, 0.15) is 47.3 Å². The molecule has 1 saturated heterocycles. The van der Waals surface area contributed by atoms with Crippen molar-refractivity contribution in [1.82, 2.24) is 15.2 Å². The topological polar surface area (TPSA) is 90.0 Å². The van der Waals surface area contributed by atoms with Gasteiger partial charge in [-0.05, 0) is 18.9 Å². The van der Waals surface area contributed by atoms with Gasteiger partial charge in [0.2, 0.25) is 5.88 Å². The normalized spacial score (nSPS) is 22.8. The van der Waals surface area contributed by atoms with Gasteiger partial charge in [0.05, 0.1) is 44.7 Å². The first-order valence-corrected chi connectivity index (χ1v) is 9.52. The van der Waals surface area contributed by atoms with Crippen molar-refractivity contribution in [1.29, 1.82) is 0 Å². The minimum atomic E-state index is -0.605. The number of fused-ring (bicyclic) bond motifs is 1. The molecule has 2 aliphatic heterocycles. The monoisotopic (exact) mass is 375 g/mol. The zero-order valence-corrected chi connectivity index (χ0v) is 15.5. The van der Waals surface area contributed by atoms with Crippen LogP contribution in [0, 0.1) is 0 Å². The third-order valence-electron chi connectivity index (χ3n) is 5.47. The van der Waals surface area contributed by atoms with E-state index in [2.05, 4.69) is 10.3 Å². The first-order chi connectivity index (χ1) is 13.2. The zero-order valence-electron chi connectivity index (χ0n) is 15.5. The summed E-state index contributed by atoms with van der Waals surface area (Å²) in [6.45, 7) is 1.92. The van der Waals surface area contributed by atoms with E-state index in [4.69, 9.17) is 14.2 Å². The summed E-state index contributed by atoms with van der Waals surface area (Å²) >= 11 is 0. The van der Waals surface area contributed by atoms with Crippen molar-refractivity contribution in [2.24, 2.45) is 0 Å². The Bertz CT molecular complexity index is 726. The molecule has 146 valence electrons. The standard InChI is InChI=1S/C19H25N3O5/c1-25-18-12(9-20-17(23)16-11-26-6-7-27-16)8-14-15(21-18)10-22(19(14)24)13-4-2-3-5-13/h8,13,16H,2-7,9-11H2,1H3,(H,20,23). The molecule has 0 bridgehead atoms. The van der Waals surface area contributed by atoms with Crippen LogP contribution in [0.2, 0.25) is 0 Å². The molecular weight excluding hydrogens is 350 g/mol. The summed E-state index contributed by atoms with van der Waals surface area (Å²) in [4.78, 5) is 31.6. The highest BCUT2D eigenvalue weighted by Gasteiger charge is 2.36. The van der Waals surface area contributed by atoms with Crippen LogP contribution in [0.5, 0.6) is 5.88 Å². The van der Waals surface area contributed by atoms with Crippen LogP contribution in [0.3, 0.4) is 0 Å². The molecular formula is C19H25N3O5. The largest absolute Gasteiger partial charge is 0.481 e. The lowest BCUT2D eigenvalue weighted by atomic mass is 10.1. The Kier molecular flexibility index (Phi) is 5.27. The molecule has 27 heavy (non-hydrogen) atoms. The molecule has 0 aromatic carbocycles. The van der Waals surface area contributed by atoms with Gasteiger partial charge in [0.15, 0.2) is 6.10 Å². The van der Waals surface area contributed by atoms with Gasteiger partial charge in [-0.15, -0.1) is 0 Å². The average Bonchev–Trinajstić information content (AvgIpc) is 3.34. The molecule has 1 unspecified atom stereocenters. The predicted molar refractivity (Wildman–Crippen MR) is 95.3 cm³/mol. The second-order valence-corrected chi connectivity index (χ2v) is 7.17. The molecule has 1 aromatic rings. The maximum absolute atomic E-state index is 12.8. The van der Waals surface area contributed by atoms with Gasteiger partial charge in [0.25, 0.3) is 11.8 Å². The fourth-order valence-corrected chi connectivity index (χ4v) is 4.02. The van der Waals surface area contributed by atoms with Crippen LogP contribution >= 0.6 is 0 Å². The summed E-state index contributed by atoms with van der Waals surface area (Å²) in [6.07, 6.45) is 3.86. The molecule has 8 nitrogen and oxygen atoms in total.